The highest BCUT2D eigenvalue weighted by Crippen LogP contribution is 2.33. The molecule has 9 heteroatoms. The molecule has 36 heavy (non-hydrogen) atoms. The standard InChI is InChI=1S/C27H41N5O4/c1-9-36-24(33)22-21(16-31-12-13-32(19(4)15-31)26(35)29-27(5,6)7)30(8)25(34)28-23(22)20-11-10-17(2)14-18(20)3/h10-11,14,19,23H,9,12-13,15-16H2,1-8H3,(H,28,34)(H,29,35)/t19-,23+/m1/s1. The first kappa shape index (κ1) is 27.5. The van der Waals surface area contributed by atoms with E-state index in [2.05, 4.69) is 15.5 Å². The Labute approximate surface area is 214 Å². The van der Waals surface area contributed by atoms with E-state index in [4.69, 9.17) is 4.74 Å². The van der Waals surface area contributed by atoms with Crippen LogP contribution in [0.2, 0.25) is 0 Å². The number of likely N-dealkylation sites (N-methyl/N-ethyl adjacent to an activating group) is 1. The molecule has 2 heterocycles. The summed E-state index contributed by atoms with van der Waals surface area (Å²) in [5.41, 5.74) is 3.75. The summed E-state index contributed by atoms with van der Waals surface area (Å²) in [7, 11) is 1.68. The molecule has 2 atom stereocenters. The first-order valence-corrected chi connectivity index (χ1v) is 12.6. The first-order valence-electron chi connectivity index (χ1n) is 12.6. The number of nitrogens with one attached hydrogen (secondary N) is 2. The van der Waals surface area contributed by atoms with Crippen molar-refractivity contribution in [1.29, 1.82) is 0 Å². The number of aryl methyl sites for hydroxylation is 2. The Morgan fingerprint density at radius 1 is 1.19 bits per heavy atom. The van der Waals surface area contributed by atoms with E-state index in [1.54, 1.807) is 14.0 Å². The van der Waals surface area contributed by atoms with Gasteiger partial charge < -0.3 is 20.3 Å². The van der Waals surface area contributed by atoms with Crippen LogP contribution < -0.4 is 10.6 Å². The van der Waals surface area contributed by atoms with Crippen molar-refractivity contribution in [2.45, 2.75) is 66.1 Å². The summed E-state index contributed by atoms with van der Waals surface area (Å²) in [5.74, 6) is -0.430. The van der Waals surface area contributed by atoms with E-state index in [0.717, 1.165) is 16.7 Å². The van der Waals surface area contributed by atoms with E-state index in [-0.39, 0.29) is 30.2 Å². The van der Waals surface area contributed by atoms with Crippen LogP contribution in [0.1, 0.15) is 57.4 Å². The second kappa shape index (κ2) is 10.9. The van der Waals surface area contributed by atoms with Crippen LogP contribution in [0.4, 0.5) is 9.59 Å². The first-order chi connectivity index (χ1) is 16.8. The number of hydrogen-bond donors (Lipinski definition) is 2. The monoisotopic (exact) mass is 499 g/mol. The number of hydrogen-bond acceptors (Lipinski definition) is 5. The van der Waals surface area contributed by atoms with Crippen LogP contribution in [-0.2, 0) is 9.53 Å². The summed E-state index contributed by atoms with van der Waals surface area (Å²) in [6, 6.07) is 5.03. The number of benzene rings is 1. The van der Waals surface area contributed by atoms with Gasteiger partial charge in [-0.15, -0.1) is 0 Å². The van der Waals surface area contributed by atoms with Crippen molar-refractivity contribution >= 4 is 18.0 Å². The van der Waals surface area contributed by atoms with Gasteiger partial charge in [-0.25, -0.2) is 14.4 Å². The lowest BCUT2D eigenvalue weighted by Gasteiger charge is -2.43. The highest BCUT2D eigenvalue weighted by atomic mass is 16.5. The zero-order chi connectivity index (χ0) is 26.8. The van der Waals surface area contributed by atoms with Crippen LogP contribution >= 0.6 is 0 Å². The maximum absolute atomic E-state index is 13.3. The summed E-state index contributed by atoms with van der Waals surface area (Å²) in [5, 5.41) is 6.03. The molecule has 0 aromatic heterocycles. The SMILES string of the molecule is CCOC(=O)C1=C(CN2CCN(C(=O)NC(C)(C)C)[C@H](C)C2)N(C)C(=O)N[C@H]1c1ccc(C)cc1C. The Morgan fingerprint density at radius 2 is 1.89 bits per heavy atom. The fourth-order valence-corrected chi connectivity index (χ4v) is 4.86. The molecule has 0 aliphatic carbocycles. The Balaban J connectivity index is 1.92. The molecule has 3 rings (SSSR count). The van der Waals surface area contributed by atoms with Gasteiger partial charge in [-0.3, -0.25) is 9.80 Å². The lowest BCUT2D eigenvalue weighted by atomic mass is 9.90. The van der Waals surface area contributed by atoms with Gasteiger partial charge in [-0.2, -0.15) is 0 Å². The van der Waals surface area contributed by atoms with E-state index < -0.39 is 12.0 Å². The Morgan fingerprint density at radius 3 is 2.47 bits per heavy atom. The number of carbonyl (C=O) groups is 3. The van der Waals surface area contributed by atoms with Crippen LogP contribution in [0.5, 0.6) is 0 Å². The molecule has 9 nitrogen and oxygen atoms in total. The number of rotatable bonds is 5. The van der Waals surface area contributed by atoms with Crippen molar-refractivity contribution in [3.8, 4) is 0 Å². The summed E-state index contributed by atoms with van der Waals surface area (Å²) in [6.07, 6.45) is 0. The maximum Gasteiger partial charge on any atom is 0.338 e. The third-order valence-electron chi connectivity index (χ3n) is 6.64. The number of nitrogens with zero attached hydrogens (tertiary/aromatic N) is 3. The number of carbonyl (C=O) groups excluding carboxylic acids is 3. The average Bonchev–Trinajstić information content (AvgIpc) is 2.75. The van der Waals surface area contributed by atoms with E-state index in [0.29, 0.717) is 37.4 Å². The summed E-state index contributed by atoms with van der Waals surface area (Å²) in [6.45, 7) is 16.1. The molecule has 1 aromatic carbocycles. The molecular weight excluding hydrogens is 458 g/mol. The Hall–Kier alpha value is -3.07. The van der Waals surface area contributed by atoms with Gasteiger partial charge in [0.1, 0.15) is 0 Å². The van der Waals surface area contributed by atoms with Crippen LogP contribution in [0.3, 0.4) is 0 Å². The number of ether oxygens (including phenoxy) is 1. The van der Waals surface area contributed by atoms with Crippen molar-refractivity contribution in [3.63, 3.8) is 0 Å². The third-order valence-corrected chi connectivity index (χ3v) is 6.64. The fourth-order valence-electron chi connectivity index (χ4n) is 4.86. The van der Waals surface area contributed by atoms with E-state index in [1.807, 2.05) is 64.6 Å². The third kappa shape index (κ3) is 6.19. The van der Waals surface area contributed by atoms with Gasteiger partial charge in [-0.1, -0.05) is 23.8 Å². The predicted octanol–water partition coefficient (Wildman–Crippen LogP) is 3.33. The Kier molecular flexibility index (Phi) is 8.33. The van der Waals surface area contributed by atoms with E-state index in [1.165, 1.54) is 4.90 Å². The van der Waals surface area contributed by atoms with Crippen LogP contribution in [0, 0.1) is 13.8 Å². The second-order valence-corrected chi connectivity index (χ2v) is 10.8. The molecule has 0 saturated carbocycles. The molecule has 0 spiro atoms. The molecule has 198 valence electrons. The fraction of sp³-hybridized carbons (Fsp3) is 0.593. The van der Waals surface area contributed by atoms with Gasteiger partial charge >= 0.3 is 18.0 Å². The molecule has 1 aromatic rings. The lowest BCUT2D eigenvalue weighted by Crippen LogP contribution is -2.59. The summed E-state index contributed by atoms with van der Waals surface area (Å²) >= 11 is 0. The molecule has 4 amide bonds. The smallest absolute Gasteiger partial charge is 0.338 e. The average molecular weight is 500 g/mol. The highest BCUT2D eigenvalue weighted by molar-refractivity contribution is 5.95. The molecule has 0 radical (unpaired) electrons. The van der Waals surface area contributed by atoms with Gasteiger partial charge in [0.25, 0.3) is 0 Å². The molecule has 2 aliphatic rings. The van der Waals surface area contributed by atoms with Crippen molar-refractivity contribution in [1.82, 2.24) is 25.3 Å². The van der Waals surface area contributed by atoms with E-state index >= 15 is 0 Å². The minimum Gasteiger partial charge on any atom is -0.463 e. The predicted molar refractivity (Wildman–Crippen MR) is 140 cm³/mol. The molecule has 0 bridgehead atoms. The molecule has 2 N–H and O–H groups in total. The maximum atomic E-state index is 13.3. The minimum atomic E-state index is -0.598. The topological polar surface area (TPSA) is 94.2 Å². The number of urea groups is 2. The van der Waals surface area contributed by atoms with Crippen LogP contribution in [-0.4, -0.2) is 84.1 Å². The van der Waals surface area contributed by atoms with Gasteiger partial charge in [0, 0.05) is 50.5 Å². The second-order valence-electron chi connectivity index (χ2n) is 10.8. The van der Waals surface area contributed by atoms with Gasteiger partial charge in [-0.05, 0) is 59.6 Å². The molecule has 0 unspecified atom stereocenters. The normalized spacial score (nSPS) is 21.4. The Bertz CT molecular complexity index is 1050. The lowest BCUT2D eigenvalue weighted by molar-refractivity contribution is -0.139. The zero-order valence-electron chi connectivity index (χ0n) is 22.9. The number of esters is 1. The summed E-state index contributed by atoms with van der Waals surface area (Å²) < 4.78 is 5.46. The quantitative estimate of drug-likeness (QED) is 0.606. The largest absolute Gasteiger partial charge is 0.463 e. The van der Waals surface area contributed by atoms with Gasteiger partial charge in [0.05, 0.1) is 18.2 Å². The summed E-state index contributed by atoms with van der Waals surface area (Å²) in [4.78, 5) is 44.6. The van der Waals surface area contributed by atoms with Crippen molar-refractivity contribution < 1.29 is 19.1 Å². The number of amides is 4. The van der Waals surface area contributed by atoms with Gasteiger partial charge in [0.15, 0.2) is 0 Å². The zero-order valence-corrected chi connectivity index (χ0v) is 22.9. The van der Waals surface area contributed by atoms with Crippen molar-refractivity contribution in [2.24, 2.45) is 0 Å². The van der Waals surface area contributed by atoms with Crippen molar-refractivity contribution in [3.05, 3.63) is 46.2 Å². The van der Waals surface area contributed by atoms with Crippen molar-refractivity contribution in [2.75, 3.05) is 39.8 Å². The van der Waals surface area contributed by atoms with Crippen LogP contribution in [0.15, 0.2) is 29.5 Å². The molecular formula is C27H41N5O4. The molecule has 1 saturated heterocycles. The molecule has 1 fully saturated rings. The molecule has 2 aliphatic heterocycles. The van der Waals surface area contributed by atoms with Gasteiger partial charge in [0.2, 0.25) is 0 Å². The van der Waals surface area contributed by atoms with E-state index in [9.17, 15) is 14.4 Å². The van der Waals surface area contributed by atoms with Crippen LogP contribution in [0.25, 0.3) is 0 Å². The minimum absolute atomic E-state index is 0.0226. The number of piperazine rings is 1. The highest BCUT2D eigenvalue weighted by Gasteiger charge is 2.39.